The van der Waals surface area contributed by atoms with Gasteiger partial charge in [0.25, 0.3) is 5.91 Å². The highest BCUT2D eigenvalue weighted by Crippen LogP contribution is 2.29. The van der Waals surface area contributed by atoms with Gasteiger partial charge in [0.05, 0.1) is 6.54 Å². The summed E-state index contributed by atoms with van der Waals surface area (Å²) in [7, 11) is 1.74. The van der Waals surface area contributed by atoms with Crippen molar-refractivity contribution in [1.29, 1.82) is 0 Å². The van der Waals surface area contributed by atoms with Crippen LogP contribution in [-0.2, 0) is 22.7 Å². The molecule has 0 unspecified atom stereocenters. The van der Waals surface area contributed by atoms with Crippen molar-refractivity contribution in [3.05, 3.63) is 63.1 Å². The first kappa shape index (κ1) is 20.4. The van der Waals surface area contributed by atoms with E-state index in [0.29, 0.717) is 13.1 Å². The first-order valence-electron chi connectivity index (χ1n) is 9.08. The molecule has 2 aromatic rings. The molecule has 6 nitrogen and oxygen atoms in total. The van der Waals surface area contributed by atoms with Crippen LogP contribution in [0.3, 0.4) is 0 Å². The second-order valence-corrected chi connectivity index (χ2v) is 8.06. The number of hydrogen-bond donors (Lipinski definition) is 1. The summed E-state index contributed by atoms with van der Waals surface area (Å²) in [6.07, 6.45) is 0. The van der Waals surface area contributed by atoms with Crippen LogP contribution in [0.25, 0.3) is 0 Å². The van der Waals surface area contributed by atoms with Crippen LogP contribution in [0, 0.1) is 13.8 Å². The number of nitrogens with zero attached hydrogens (tertiary/aromatic N) is 3. The number of likely N-dealkylation sites (N-methyl/N-ethyl adjacent to an activating group) is 1. The van der Waals surface area contributed by atoms with Gasteiger partial charge in [-0.1, -0.05) is 40.2 Å². The molecule has 0 radical (unpaired) electrons. The molecule has 7 heteroatoms. The standard InChI is InChI=1S/C21H24BrN3O3/c1-14-8-18(22)9-15(2)21(14)24(13-20(27)28)12-19(26)23(3)25-10-16-6-4-5-7-17(16)11-25/h4-9H,10-13H2,1-3H3,(H,27,28). The van der Waals surface area contributed by atoms with Gasteiger partial charge in [-0.25, -0.2) is 5.01 Å². The Balaban J connectivity index is 1.78. The minimum Gasteiger partial charge on any atom is -0.480 e. The molecule has 148 valence electrons. The second kappa shape index (κ2) is 8.32. The van der Waals surface area contributed by atoms with Gasteiger partial charge in [-0.3, -0.25) is 14.6 Å². The van der Waals surface area contributed by atoms with Crippen molar-refractivity contribution in [3.63, 3.8) is 0 Å². The molecule has 1 aliphatic rings. The maximum Gasteiger partial charge on any atom is 0.323 e. The molecule has 28 heavy (non-hydrogen) atoms. The number of benzene rings is 2. The highest BCUT2D eigenvalue weighted by atomic mass is 79.9. The maximum atomic E-state index is 13.0. The first-order valence-corrected chi connectivity index (χ1v) is 9.87. The molecule has 2 aromatic carbocycles. The van der Waals surface area contributed by atoms with Gasteiger partial charge in [0, 0.05) is 30.3 Å². The molecule has 0 aromatic heterocycles. The van der Waals surface area contributed by atoms with Crippen LogP contribution in [0.15, 0.2) is 40.9 Å². The number of rotatable bonds is 6. The third-order valence-corrected chi connectivity index (χ3v) is 5.49. The molecule has 3 rings (SSSR count). The average molecular weight is 446 g/mol. The quantitative estimate of drug-likeness (QED) is 0.738. The Morgan fingerprint density at radius 1 is 1.07 bits per heavy atom. The molecular weight excluding hydrogens is 422 g/mol. The van der Waals surface area contributed by atoms with Crippen molar-refractivity contribution < 1.29 is 14.7 Å². The number of aliphatic carboxylic acids is 1. The van der Waals surface area contributed by atoms with Gasteiger partial charge in [-0.05, 0) is 48.2 Å². The zero-order valence-electron chi connectivity index (χ0n) is 16.3. The Labute approximate surface area is 173 Å². The maximum absolute atomic E-state index is 13.0. The lowest BCUT2D eigenvalue weighted by molar-refractivity contribution is -0.145. The van der Waals surface area contributed by atoms with Crippen molar-refractivity contribution >= 4 is 33.5 Å². The summed E-state index contributed by atoms with van der Waals surface area (Å²) in [5.41, 5.74) is 5.07. The smallest absolute Gasteiger partial charge is 0.323 e. The Morgan fingerprint density at radius 2 is 1.61 bits per heavy atom. The number of hydrazine groups is 1. The predicted molar refractivity (Wildman–Crippen MR) is 112 cm³/mol. The van der Waals surface area contributed by atoms with E-state index in [9.17, 15) is 14.7 Å². The number of anilines is 1. The SMILES string of the molecule is Cc1cc(Br)cc(C)c1N(CC(=O)O)CC(=O)N(C)N1Cc2ccccc2C1. The summed E-state index contributed by atoms with van der Waals surface area (Å²) in [4.78, 5) is 26.1. The largest absolute Gasteiger partial charge is 0.480 e. The fourth-order valence-corrected chi connectivity index (χ4v) is 4.42. The Bertz CT molecular complexity index is 868. The summed E-state index contributed by atoms with van der Waals surface area (Å²) in [6.45, 7) is 4.96. The lowest BCUT2D eigenvalue weighted by Gasteiger charge is -2.32. The third kappa shape index (κ3) is 4.36. The van der Waals surface area contributed by atoms with E-state index in [1.165, 1.54) is 11.1 Å². The molecule has 0 bridgehead atoms. The Kier molecular flexibility index (Phi) is 6.05. The number of amides is 1. The van der Waals surface area contributed by atoms with Crippen molar-refractivity contribution in [2.75, 3.05) is 25.0 Å². The van der Waals surface area contributed by atoms with Gasteiger partial charge in [0.1, 0.15) is 6.54 Å². The third-order valence-electron chi connectivity index (χ3n) is 5.03. The van der Waals surface area contributed by atoms with E-state index in [1.807, 2.05) is 43.1 Å². The van der Waals surface area contributed by atoms with Gasteiger partial charge in [0.15, 0.2) is 0 Å². The lowest BCUT2D eigenvalue weighted by atomic mass is 10.1. The number of carbonyl (C=O) groups excluding carboxylic acids is 1. The number of fused-ring (bicyclic) bond motifs is 1. The highest BCUT2D eigenvalue weighted by Gasteiger charge is 2.27. The average Bonchev–Trinajstić information content (AvgIpc) is 3.03. The van der Waals surface area contributed by atoms with E-state index in [4.69, 9.17) is 0 Å². The summed E-state index contributed by atoms with van der Waals surface area (Å²) >= 11 is 3.46. The molecule has 1 amide bonds. The summed E-state index contributed by atoms with van der Waals surface area (Å²) in [5.74, 6) is -1.11. The zero-order chi connectivity index (χ0) is 20.4. The van der Waals surface area contributed by atoms with Crippen molar-refractivity contribution in [3.8, 4) is 0 Å². The molecule has 0 saturated heterocycles. The lowest BCUT2D eigenvalue weighted by Crippen LogP contribution is -2.47. The first-order chi connectivity index (χ1) is 13.3. The molecule has 0 aliphatic carbocycles. The van der Waals surface area contributed by atoms with E-state index in [0.717, 1.165) is 21.3 Å². The number of halogens is 1. The number of carboxylic acid groups (broad SMARTS) is 1. The zero-order valence-corrected chi connectivity index (χ0v) is 17.9. The van der Waals surface area contributed by atoms with E-state index in [1.54, 1.807) is 17.0 Å². The Morgan fingerprint density at radius 3 is 2.11 bits per heavy atom. The van der Waals surface area contributed by atoms with Crippen LogP contribution in [-0.4, -0.2) is 47.1 Å². The monoisotopic (exact) mass is 445 g/mol. The highest BCUT2D eigenvalue weighted by molar-refractivity contribution is 9.10. The predicted octanol–water partition coefficient (Wildman–Crippen LogP) is 3.35. The van der Waals surface area contributed by atoms with E-state index in [-0.39, 0.29) is 19.0 Å². The van der Waals surface area contributed by atoms with Gasteiger partial charge >= 0.3 is 5.97 Å². The van der Waals surface area contributed by atoms with E-state index < -0.39 is 5.97 Å². The molecule has 0 saturated carbocycles. The summed E-state index contributed by atoms with van der Waals surface area (Å²) in [6, 6.07) is 12.0. The molecule has 1 N–H and O–H groups in total. The fourth-order valence-electron chi connectivity index (χ4n) is 3.73. The minimum absolute atomic E-state index is 0.00103. The molecule has 0 atom stereocenters. The van der Waals surface area contributed by atoms with E-state index in [2.05, 4.69) is 28.1 Å². The van der Waals surface area contributed by atoms with Crippen molar-refractivity contribution in [2.45, 2.75) is 26.9 Å². The normalized spacial score (nSPS) is 13.3. The molecular formula is C21H24BrN3O3. The van der Waals surface area contributed by atoms with Crippen LogP contribution in [0.2, 0.25) is 0 Å². The Hall–Kier alpha value is -2.38. The summed E-state index contributed by atoms with van der Waals surface area (Å²) < 4.78 is 0.930. The number of hydrogen-bond acceptors (Lipinski definition) is 4. The molecule has 1 heterocycles. The number of aryl methyl sites for hydroxylation is 2. The second-order valence-electron chi connectivity index (χ2n) is 7.15. The van der Waals surface area contributed by atoms with E-state index >= 15 is 0 Å². The van der Waals surface area contributed by atoms with Crippen LogP contribution in [0.5, 0.6) is 0 Å². The van der Waals surface area contributed by atoms with Crippen LogP contribution < -0.4 is 4.90 Å². The topological polar surface area (TPSA) is 64.1 Å². The number of carbonyl (C=O) groups is 2. The van der Waals surface area contributed by atoms with Gasteiger partial charge in [-0.2, -0.15) is 0 Å². The minimum atomic E-state index is -0.967. The fraction of sp³-hybridized carbons (Fsp3) is 0.333. The van der Waals surface area contributed by atoms with Gasteiger partial charge in [-0.15, -0.1) is 0 Å². The van der Waals surface area contributed by atoms with Gasteiger partial charge < -0.3 is 10.0 Å². The molecule has 0 spiro atoms. The van der Waals surface area contributed by atoms with Crippen molar-refractivity contribution in [2.24, 2.45) is 0 Å². The van der Waals surface area contributed by atoms with Crippen molar-refractivity contribution in [1.82, 2.24) is 10.0 Å². The molecule has 0 fully saturated rings. The number of carboxylic acids is 1. The van der Waals surface area contributed by atoms with Crippen LogP contribution in [0.1, 0.15) is 22.3 Å². The summed E-state index contributed by atoms with van der Waals surface area (Å²) in [5, 5.41) is 13.0. The van der Waals surface area contributed by atoms with Crippen LogP contribution >= 0.6 is 15.9 Å². The molecule has 1 aliphatic heterocycles. The van der Waals surface area contributed by atoms with Gasteiger partial charge in [0.2, 0.25) is 0 Å². The van der Waals surface area contributed by atoms with Crippen LogP contribution in [0.4, 0.5) is 5.69 Å².